The van der Waals surface area contributed by atoms with Crippen molar-refractivity contribution in [3.05, 3.63) is 29.8 Å². The van der Waals surface area contributed by atoms with E-state index >= 15 is 0 Å². The lowest BCUT2D eigenvalue weighted by molar-refractivity contribution is 0.648. The van der Waals surface area contributed by atoms with Crippen LogP contribution in [0.2, 0.25) is 0 Å². The minimum Gasteiger partial charge on any atom is -0.372 e. The van der Waals surface area contributed by atoms with Crippen LogP contribution in [0.3, 0.4) is 0 Å². The van der Waals surface area contributed by atoms with Crippen molar-refractivity contribution in [2.75, 3.05) is 18.0 Å². The molecule has 1 N–H and O–H groups in total. The Balaban J connectivity index is 2.59. The molecule has 1 unspecified atom stereocenters. The van der Waals surface area contributed by atoms with Gasteiger partial charge in [0.05, 0.1) is 6.04 Å². The second kappa shape index (κ2) is 6.98. The van der Waals surface area contributed by atoms with Crippen molar-refractivity contribution in [1.82, 2.24) is 5.32 Å². The molecular formula is C15H22N2. The van der Waals surface area contributed by atoms with Gasteiger partial charge in [-0.2, -0.15) is 0 Å². The Hall–Kier alpha value is -1.46. The third-order valence-corrected chi connectivity index (χ3v) is 2.93. The van der Waals surface area contributed by atoms with E-state index in [0.29, 0.717) is 0 Å². The van der Waals surface area contributed by atoms with Crippen LogP contribution in [-0.2, 0) is 6.54 Å². The molecule has 0 amide bonds. The summed E-state index contributed by atoms with van der Waals surface area (Å²) in [5.74, 6) is 2.66. The van der Waals surface area contributed by atoms with Crippen LogP contribution in [-0.4, -0.2) is 19.1 Å². The maximum absolute atomic E-state index is 5.32. The monoisotopic (exact) mass is 230 g/mol. The molecule has 17 heavy (non-hydrogen) atoms. The minimum absolute atomic E-state index is 0.123. The fraction of sp³-hybridized carbons (Fsp3) is 0.467. The Morgan fingerprint density at radius 3 is 2.29 bits per heavy atom. The molecule has 0 aliphatic heterocycles. The second-order valence-corrected chi connectivity index (χ2v) is 4.11. The highest BCUT2D eigenvalue weighted by Crippen LogP contribution is 2.14. The average Bonchev–Trinajstić information content (AvgIpc) is 2.38. The normalized spacial score (nSPS) is 11.9. The summed E-state index contributed by atoms with van der Waals surface area (Å²) in [6.07, 6.45) is 5.32. The summed E-state index contributed by atoms with van der Waals surface area (Å²) in [5.41, 5.74) is 2.55. The zero-order valence-electron chi connectivity index (χ0n) is 11.0. The molecule has 2 heteroatoms. The molecule has 1 aromatic carbocycles. The molecule has 2 nitrogen and oxygen atoms in total. The van der Waals surface area contributed by atoms with Crippen LogP contribution in [0.1, 0.15) is 26.3 Å². The molecule has 0 aliphatic rings. The molecule has 0 saturated carbocycles. The first-order valence-corrected chi connectivity index (χ1v) is 6.24. The van der Waals surface area contributed by atoms with Crippen molar-refractivity contribution in [3.8, 4) is 12.3 Å². The van der Waals surface area contributed by atoms with Crippen LogP contribution in [0.5, 0.6) is 0 Å². The molecule has 0 saturated heterocycles. The molecule has 0 heterocycles. The van der Waals surface area contributed by atoms with Crippen LogP contribution >= 0.6 is 0 Å². The fourth-order valence-electron chi connectivity index (χ4n) is 1.74. The smallest absolute Gasteiger partial charge is 0.0660 e. The molecular weight excluding hydrogens is 208 g/mol. The van der Waals surface area contributed by atoms with E-state index in [0.717, 1.165) is 19.6 Å². The van der Waals surface area contributed by atoms with Crippen molar-refractivity contribution in [2.24, 2.45) is 0 Å². The third-order valence-electron chi connectivity index (χ3n) is 2.93. The Kier molecular flexibility index (Phi) is 5.59. The van der Waals surface area contributed by atoms with Gasteiger partial charge in [0.15, 0.2) is 0 Å². The van der Waals surface area contributed by atoms with Crippen molar-refractivity contribution in [1.29, 1.82) is 0 Å². The van der Waals surface area contributed by atoms with Crippen molar-refractivity contribution >= 4 is 5.69 Å². The number of rotatable bonds is 6. The van der Waals surface area contributed by atoms with E-state index in [1.807, 2.05) is 6.92 Å². The van der Waals surface area contributed by atoms with Crippen molar-refractivity contribution < 1.29 is 0 Å². The molecule has 0 spiro atoms. The summed E-state index contributed by atoms with van der Waals surface area (Å²) in [6.45, 7) is 9.25. The van der Waals surface area contributed by atoms with Crippen LogP contribution in [0.4, 0.5) is 5.69 Å². The number of anilines is 1. The zero-order chi connectivity index (χ0) is 12.7. The summed E-state index contributed by atoms with van der Waals surface area (Å²) in [7, 11) is 0. The van der Waals surface area contributed by atoms with E-state index < -0.39 is 0 Å². The highest BCUT2D eigenvalue weighted by atomic mass is 15.1. The lowest BCUT2D eigenvalue weighted by Gasteiger charge is -2.21. The standard InChI is InChI=1S/C15H22N2/c1-5-13(4)16-12-14-8-10-15(11-9-14)17(6-2)7-3/h1,8-11,13,16H,6-7,12H2,2-4H3. The van der Waals surface area contributed by atoms with Gasteiger partial charge in [0, 0.05) is 25.3 Å². The second-order valence-electron chi connectivity index (χ2n) is 4.11. The quantitative estimate of drug-likeness (QED) is 0.756. The van der Waals surface area contributed by atoms with Gasteiger partial charge in [-0.1, -0.05) is 18.1 Å². The van der Waals surface area contributed by atoms with E-state index in [1.54, 1.807) is 0 Å². The summed E-state index contributed by atoms with van der Waals surface area (Å²) < 4.78 is 0. The predicted octanol–water partition coefficient (Wildman–Crippen LogP) is 2.64. The first kappa shape index (κ1) is 13.6. The van der Waals surface area contributed by atoms with E-state index in [2.05, 4.69) is 54.3 Å². The molecule has 1 rings (SSSR count). The van der Waals surface area contributed by atoms with Gasteiger partial charge in [-0.25, -0.2) is 0 Å². The lowest BCUT2D eigenvalue weighted by atomic mass is 10.2. The summed E-state index contributed by atoms with van der Waals surface area (Å²) in [4.78, 5) is 2.33. The van der Waals surface area contributed by atoms with Gasteiger partial charge in [-0.05, 0) is 38.5 Å². The molecule has 92 valence electrons. The number of nitrogens with zero attached hydrogens (tertiary/aromatic N) is 1. The van der Waals surface area contributed by atoms with Crippen molar-refractivity contribution in [2.45, 2.75) is 33.4 Å². The van der Waals surface area contributed by atoms with Gasteiger partial charge in [-0.15, -0.1) is 6.42 Å². The summed E-state index contributed by atoms with van der Waals surface area (Å²) >= 11 is 0. The Labute approximate surface area is 105 Å². The van der Waals surface area contributed by atoms with Crippen molar-refractivity contribution in [3.63, 3.8) is 0 Å². The van der Waals surface area contributed by atoms with Gasteiger partial charge >= 0.3 is 0 Å². The molecule has 0 bridgehead atoms. The maximum Gasteiger partial charge on any atom is 0.0660 e. The number of hydrogen-bond donors (Lipinski definition) is 1. The van der Waals surface area contributed by atoms with Crippen LogP contribution in [0, 0.1) is 12.3 Å². The molecule has 1 aromatic rings. The van der Waals surface area contributed by atoms with Crippen LogP contribution in [0.25, 0.3) is 0 Å². The summed E-state index contributed by atoms with van der Waals surface area (Å²) in [5, 5.41) is 3.28. The largest absolute Gasteiger partial charge is 0.372 e. The Morgan fingerprint density at radius 2 is 1.82 bits per heavy atom. The van der Waals surface area contributed by atoms with Gasteiger partial charge in [0.2, 0.25) is 0 Å². The maximum atomic E-state index is 5.32. The summed E-state index contributed by atoms with van der Waals surface area (Å²) in [6, 6.07) is 8.78. The topological polar surface area (TPSA) is 15.3 Å². The Morgan fingerprint density at radius 1 is 1.24 bits per heavy atom. The van der Waals surface area contributed by atoms with Gasteiger partial charge in [0.1, 0.15) is 0 Å². The molecule has 0 fully saturated rings. The fourth-order valence-corrected chi connectivity index (χ4v) is 1.74. The van der Waals surface area contributed by atoms with E-state index in [9.17, 15) is 0 Å². The SMILES string of the molecule is C#CC(C)NCc1ccc(N(CC)CC)cc1. The molecule has 0 aromatic heterocycles. The van der Waals surface area contributed by atoms with Gasteiger partial charge in [0.25, 0.3) is 0 Å². The van der Waals surface area contributed by atoms with E-state index in [-0.39, 0.29) is 6.04 Å². The molecule has 1 atom stereocenters. The first-order valence-electron chi connectivity index (χ1n) is 6.24. The first-order chi connectivity index (χ1) is 8.21. The number of terminal acetylenes is 1. The number of hydrogen-bond acceptors (Lipinski definition) is 2. The van der Waals surface area contributed by atoms with Gasteiger partial charge in [-0.3, -0.25) is 5.32 Å². The Bertz CT molecular complexity index is 358. The van der Waals surface area contributed by atoms with Crippen LogP contribution in [0.15, 0.2) is 24.3 Å². The average molecular weight is 230 g/mol. The minimum atomic E-state index is 0.123. The number of benzene rings is 1. The highest BCUT2D eigenvalue weighted by molar-refractivity contribution is 5.47. The predicted molar refractivity (Wildman–Crippen MR) is 75.1 cm³/mol. The number of nitrogens with one attached hydrogen (secondary N) is 1. The third kappa shape index (κ3) is 4.13. The lowest BCUT2D eigenvalue weighted by Crippen LogP contribution is -2.24. The van der Waals surface area contributed by atoms with E-state index in [4.69, 9.17) is 6.42 Å². The van der Waals surface area contributed by atoms with E-state index in [1.165, 1.54) is 11.3 Å². The highest BCUT2D eigenvalue weighted by Gasteiger charge is 2.01. The van der Waals surface area contributed by atoms with Crippen LogP contribution < -0.4 is 10.2 Å². The zero-order valence-corrected chi connectivity index (χ0v) is 11.0. The molecule has 0 radical (unpaired) electrons. The van der Waals surface area contributed by atoms with Gasteiger partial charge < -0.3 is 4.90 Å². The molecule has 0 aliphatic carbocycles.